The van der Waals surface area contributed by atoms with Gasteiger partial charge in [-0.25, -0.2) is 14.4 Å². The maximum Gasteiger partial charge on any atom is 0.256 e. The molecular weight excluding hydrogens is 519 g/mol. The molecule has 0 bridgehead atoms. The van der Waals surface area contributed by atoms with E-state index in [0.29, 0.717) is 34.8 Å². The van der Waals surface area contributed by atoms with Crippen LogP contribution in [0.4, 0.5) is 4.39 Å². The second-order valence-corrected chi connectivity index (χ2v) is 10.6. The van der Waals surface area contributed by atoms with Crippen LogP contribution in [0.1, 0.15) is 53.9 Å². The van der Waals surface area contributed by atoms with Gasteiger partial charge in [-0.3, -0.25) is 9.59 Å². The molecule has 39 heavy (non-hydrogen) atoms. The SMILES string of the molecule is CCN(C)C(=O)c1ccc(-c2ccc3c(n2)Oc2nc(C)ccc2[C@@H]3C(C)(C)C(=O)N=C(N)SC=N)cc1F. The lowest BCUT2D eigenvalue weighted by molar-refractivity contribution is -0.126. The standard InChI is InChI=1S/C28H29FN6O3S/c1-6-35(5)25(36)17-10-8-16(13-20(17)29)21-12-11-19-22(28(3,4)26(37)34-27(31)39-14-30)18-9-7-15(2)32-23(18)38-24(19)33-21/h7-14,22,30H,6H2,1-5H3,(H2,31,34,37)/t22-/m0/s1. The summed E-state index contributed by atoms with van der Waals surface area (Å²) in [4.78, 5) is 40.4. The number of amidine groups is 1. The second-order valence-electron chi connectivity index (χ2n) is 9.70. The van der Waals surface area contributed by atoms with E-state index in [9.17, 15) is 14.0 Å². The molecule has 0 aliphatic carbocycles. The number of carbonyl (C=O) groups excluding carboxylic acids is 2. The number of carbonyl (C=O) groups is 2. The monoisotopic (exact) mass is 548 g/mol. The number of aliphatic imine (C=N–C) groups is 1. The fourth-order valence-corrected chi connectivity index (χ4v) is 4.70. The molecule has 1 aromatic carbocycles. The maximum absolute atomic E-state index is 14.9. The first-order chi connectivity index (χ1) is 18.5. The normalized spacial score (nSPS) is 14.6. The van der Waals surface area contributed by atoms with Crippen molar-refractivity contribution in [1.29, 1.82) is 5.41 Å². The summed E-state index contributed by atoms with van der Waals surface area (Å²) in [6, 6.07) is 11.6. The minimum absolute atomic E-state index is 0.0211. The summed E-state index contributed by atoms with van der Waals surface area (Å²) < 4.78 is 21.0. The number of amides is 2. The van der Waals surface area contributed by atoms with Gasteiger partial charge in [0.15, 0.2) is 5.17 Å². The number of fused-ring (bicyclic) bond motifs is 2. The van der Waals surface area contributed by atoms with Crippen molar-refractivity contribution in [2.24, 2.45) is 16.1 Å². The minimum atomic E-state index is -1.08. The number of thioether (sulfide) groups is 1. The van der Waals surface area contributed by atoms with Crippen molar-refractivity contribution in [3.8, 4) is 23.0 Å². The summed E-state index contributed by atoms with van der Waals surface area (Å²) in [6.45, 7) is 7.62. The first kappa shape index (κ1) is 27.9. The van der Waals surface area contributed by atoms with E-state index < -0.39 is 29.0 Å². The quantitative estimate of drug-likeness (QED) is 0.322. The van der Waals surface area contributed by atoms with Crippen molar-refractivity contribution in [3.05, 3.63) is 70.7 Å². The molecule has 1 aliphatic heterocycles. The number of aromatic nitrogens is 2. The van der Waals surface area contributed by atoms with Crippen LogP contribution in [0.25, 0.3) is 11.3 Å². The second kappa shape index (κ2) is 10.9. The zero-order chi connectivity index (χ0) is 28.5. The van der Waals surface area contributed by atoms with Crippen LogP contribution in [0.3, 0.4) is 0 Å². The van der Waals surface area contributed by atoms with Gasteiger partial charge in [-0.2, -0.15) is 4.99 Å². The molecule has 1 atom stereocenters. The number of nitrogens with one attached hydrogen (secondary N) is 1. The molecule has 1 aliphatic rings. The van der Waals surface area contributed by atoms with E-state index in [2.05, 4.69) is 15.0 Å². The van der Waals surface area contributed by atoms with Gasteiger partial charge < -0.3 is 20.8 Å². The largest absolute Gasteiger partial charge is 0.420 e. The molecule has 0 fully saturated rings. The number of nitrogens with zero attached hydrogens (tertiary/aromatic N) is 4. The van der Waals surface area contributed by atoms with Crippen LogP contribution in [-0.2, 0) is 4.79 Å². The van der Waals surface area contributed by atoms with Gasteiger partial charge in [0.25, 0.3) is 11.8 Å². The van der Waals surface area contributed by atoms with Crippen LogP contribution in [0.15, 0.2) is 47.5 Å². The van der Waals surface area contributed by atoms with Crippen LogP contribution in [0.2, 0.25) is 0 Å². The van der Waals surface area contributed by atoms with Gasteiger partial charge in [-0.05, 0) is 49.9 Å². The van der Waals surface area contributed by atoms with Crippen LogP contribution >= 0.6 is 11.8 Å². The molecule has 0 saturated heterocycles. The van der Waals surface area contributed by atoms with E-state index in [4.69, 9.17) is 15.9 Å². The number of hydrogen-bond donors (Lipinski definition) is 2. The molecule has 2 aromatic heterocycles. The van der Waals surface area contributed by atoms with E-state index in [1.165, 1.54) is 17.0 Å². The fourth-order valence-electron chi connectivity index (χ4n) is 4.45. The summed E-state index contributed by atoms with van der Waals surface area (Å²) in [5, 5.41) is 7.17. The van der Waals surface area contributed by atoms with Crippen molar-refractivity contribution in [2.75, 3.05) is 13.6 Å². The summed E-state index contributed by atoms with van der Waals surface area (Å²) >= 11 is 0.847. The molecule has 0 spiro atoms. The zero-order valence-corrected chi connectivity index (χ0v) is 23.1. The Kier molecular flexibility index (Phi) is 7.82. The van der Waals surface area contributed by atoms with E-state index in [1.54, 1.807) is 39.1 Å². The first-order valence-electron chi connectivity index (χ1n) is 12.2. The molecule has 3 aromatic rings. The highest BCUT2D eigenvalue weighted by Gasteiger charge is 2.44. The number of ether oxygens (including phenoxy) is 1. The lowest BCUT2D eigenvalue weighted by Gasteiger charge is -2.36. The molecule has 2 amide bonds. The van der Waals surface area contributed by atoms with E-state index >= 15 is 0 Å². The number of aryl methyl sites for hydroxylation is 1. The van der Waals surface area contributed by atoms with E-state index in [1.807, 2.05) is 26.0 Å². The summed E-state index contributed by atoms with van der Waals surface area (Å²) in [6.07, 6.45) is 0. The van der Waals surface area contributed by atoms with Crippen LogP contribution in [0, 0.1) is 23.6 Å². The van der Waals surface area contributed by atoms with Crippen molar-refractivity contribution >= 4 is 34.3 Å². The van der Waals surface area contributed by atoms with Crippen molar-refractivity contribution in [1.82, 2.24) is 14.9 Å². The zero-order valence-electron chi connectivity index (χ0n) is 22.3. The Bertz CT molecular complexity index is 1510. The number of hydrogen-bond acceptors (Lipinski definition) is 7. The molecule has 4 rings (SSSR count). The predicted molar refractivity (Wildman–Crippen MR) is 150 cm³/mol. The summed E-state index contributed by atoms with van der Waals surface area (Å²) in [7, 11) is 1.61. The number of rotatable bonds is 6. The highest BCUT2D eigenvalue weighted by atomic mass is 32.2. The Morgan fingerprint density at radius 3 is 2.49 bits per heavy atom. The van der Waals surface area contributed by atoms with Crippen molar-refractivity contribution in [3.63, 3.8) is 0 Å². The predicted octanol–water partition coefficient (Wildman–Crippen LogP) is 5.13. The topological polar surface area (TPSA) is 135 Å². The average Bonchev–Trinajstić information content (AvgIpc) is 2.90. The number of nitrogens with two attached hydrogens (primary N) is 1. The third kappa shape index (κ3) is 5.40. The number of pyridine rings is 2. The number of halogens is 1. The minimum Gasteiger partial charge on any atom is -0.420 e. The Morgan fingerprint density at radius 2 is 1.85 bits per heavy atom. The van der Waals surface area contributed by atoms with Crippen molar-refractivity contribution < 1.29 is 18.7 Å². The molecule has 3 heterocycles. The Balaban J connectivity index is 1.79. The average molecular weight is 549 g/mol. The highest BCUT2D eigenvalue weighted by molar-refractivity contribution is 8.24. The maximum atomic E-state index is 14.9. The third-order valence-electron chi connectivity index (χ3n) is 6.71. The van der Waals surface area contributed by atoms with Crippen LogP contribution in [-0.4, -0.2) is 51.0 Å². The molecule has 0 radical (unpaired) electrons. The van der Waals surface area contributed by atoms with Gasteiger partial charge in [0.2, 0.25) is 11.8 Å². The van der Waals surface area contributed by atoms with Crippen molar-refractivity contribution in [2.45, 2.75) is 33.6 Å². The lowest BCUT2D eigenvalue weighted by Crippen LogP contribution is -2.34. The molecule has 0 unspecified atom stereocenters. The highest BCUT2D eigenvalue weighted by Crippen LogP contribution is 2.51. The Morgan fingerprint density at radius 1 is 1.18 bits per heavy atom. The lowest BCUT2D eigenvalue weighted by atomic mass is 9.70. The van der Waals surface area contributed by atoms with E-state index in [-0.39, 0.29) is 16.6 Å². The molecule has 202 valence electrons. The molecule has 9 nitrogen and oxygen atoms in total. The van der Waals surface area contributed by atoms with Crippen LogP contribution in [0.5, 0.6) is 11.8 Å². The Hall–Kier alpha value is -4.12. The Labute approximate surface area is 230 Å². The fraction of sp³-hybridized carbons (Fsp3) is 0.286. The molecule has 11 heteroatoms. The van der Waals surface area contributed by atoms with Gasteiger partial charge >= 0.3 is 0 Å². The van der Waals surface area contributed by atoms with Gasteiger partial charge in [0.1, 0.15) is 5.82 Å². The van der Waals surface area contributed by atoms with Gasteiger partial charge in [-0.15, -0.1) is 0 Å². The smallest absolute Gasteiger partial charge is 0.256 e. The summed E-state index contributed by atoms with van der Waals surface area (Å²) in [5.74, 6) is -1.50. The molecular formula is C28H29FN6O3S. The van der Waals surface area contributed by atoms with Gasteiger partial charge in [-0.1, -0.05) is 32.0 Å². The third-order valence-corrected chi connectivity index (χ3v) is 7.17. The van der Waals surface area contributed by atoms with Gasteiger partial charge in [0, 0.05) is 41.9 Å². The van der Waals surface area contributed by atoms with E-state index in [0.717, 1.165) is 23.0 Å². The van der Waals surface area contributed by atoms with Crippen LogP contribution < -0.4 is 10.5 Å². The number of benzene rings is 1. The first-order valence-corrected chi connectivity index (χ1v) is 13.1. The molecule has 3 N–H and O–H groups in total. The molecule has 0 saturated carbocycles. The summed E-state index contributed by atoms with van der Waals surface area (Å²) in [5.41, 5.74) is 8.66. The van der Waals surface area contributed by atoms with Gasteiger partial charge in [0.05, 0.1) is 22.2 Å².